The highest BCUT2D eigenvalue weighted by atomic mass is 35.5. The van der Waals surface area contributed by atoms with Crippen LogP contribution in [0.25, 0.3) is 0 Å². The monoisotopic (exact) mass is 276 g/mol. The summed E-state index contributed by atoms with van der Waals surface area (Å²) in [6.45, 7) is 2.70. The maximum atomic E-state index is 11.7. The van der Waals surface area contributed by atoms with Crippen LogP contribution in [-0.2, 0) is 6.42 Å². The van der Waals surface area contributed by atoms with Crippen molar-refractivity contribution >= 4 is 18.3 Å². The lowest BCUT2D eigenvalue weighted by Gasteiger charge is -2.05. The summed E-state index contributed by atoms with van der Waals surface area (Å²) in [5.41, 5.74) is 3.08. The Morgan fingerprint density at radius 1 is 1.21 bits per heavy atom. The lowest BCUT2D eigenvalue weighted by Crippen LogP contribution is -2.25. The summed E-state index contributed by atoms with van der Waals surface area (Å²) in [6.07, 6.45) is 4.07. The van der Waals surface area contributed by atoms with Crippen molar-refractivity contribution in [3.8, 4) is 0 Å². The molecule has 100 valence electrons. The molecule has 0 saturated carbocycles. The molecule has 0 aliphatic heterocycles. The fraction of sp³-hybridized carbons (Fsp3) is 0.200. The van der Waals surface area contributed by atoms with Crippen molar-refractivity contribution in [1.82, 2.24) is 10.3 Å². The zero-order chi connectivity index (χ0) is 12.8. The van der Waals surface area contributed by atoms with E-state index in [0.29, 0.717) is 12.1 Å². The second kappa shape index (κ2) is 7.54. The van der Waals surface area contributed by atoms with Crippen molar-refractivity contribution in [1.29, 1.82) is 0 Å². The van der Waals surface area contributed by atoms with Crippen LogP contribution < -0.4 is 5.32 Å². The van der Waals surface area contributed by atoms with E-state index in [1.165, 1.54) is 11.1 Å². The van der Waals surface area contributed by atoms with Crippen molar-refractivity contribution in [2.24, 2.45) is 0 Å². The molecule has 1 aromatic heterocycles. The van der Waals surface area contributed by atoms with Gasteiger partial charge in [0.05, 0.1) is 5.56 Å². The predicted molar refractivity (Wildman–Crippen MR) is 78.7 cm³/mol. The van der Waals surface area contributed by atoms with E-state index in [0.717, 1.165) is 6.42 Å². The molecule has 0 fully saturated rings. The normalized spacial score (nSPS) is 9.53. The molecule has 2 aromatic rings. The number of benzene rings is 1. The number of aromatic nitrogens is 1. The third kappa shape index (κ3) is 4.72. The number of hydrogen-bond donors (Lipinski definition) is 1. The van der Waals surface area contributed by atoms with Crippen molar-refractivity contribution in [3.63, 3.8) is 0 Å². The standard InChI is InChI=1S/C15H16N2O.ClH/c1-12-4-6-13(7-5-12)8-10-17-15(18)14-3-2-9-16-11-14;/h2-7,9,11H,8,10H2,1H3,(H,17,18);1H. The van der Waals surface area contributed by atoms with E-state index in [9.17, 15) is 4.79 Å². The Balaban J connectivity index is 0.00000180. The molecule has 0 radical (unpaired) electrons. The Bertz CT molecular complexity index is 511. The molecule has 2 rings (SSSR count). The van der Waals surface area contributed by atoms with Crippen LogP contribution in [0, 0.1) is 6.92 Å². The number of pyridine rings is 1. The van der Waals surface area contributed by atoms with Crippen LogP contribution in [0.15, 0.2) is 48.8 Å². The lowest BCUT2D eigenvalue weighted by molar-refractivity contribution is 0.0954. The number of halogens is 1. The van der Waals surface area contributed by atoms with Crippen LogP contribution in [0.3, 0.4) is 0 Å². The molecular formula is C15H17ClN2O. The summed E-state index contributed by atoms with van der Waals surface area (Å²) in [4.78, 5) is 15.7. The molecule has 3 nitrogen and oxygen atoms in total. The Hall–Kier alpha value is -1.87. The smallest absolute Gasteiger partial charge is 0.252 e. The van der Waals surface area contributed by atoms with Crippen LogP contribution in [0.2, 0.25) is 0 Å². The maximum Gasteiger partial charge on any atom is 0.252 e. The molecule has 0 aliphatic rings. The first-order valence-electron chi connectivity index (χ1n) is 5.99. The van der Waals surface area contributed by atoms with Gasteiger partial charge < -0.3 is 5.32 Å². The predicted octanol–water partition coefficient (Wildman–Crippen LogP) is 2.78. The molecule has 1 heterocycles. The van der Waals surface area contributed by atoms with Crippen LogP contribution >= 0.6 is 12.4 Å². The molecule has 4 heteroatoms. The summed E-state index contributed by atoms with van der Waals surface area (Å²) >= 11 is 0. The molecule has 1 amide bonds. The first-order chi connectivity index (χ1) is 8.75. The highest BCUT2D eigenvalue weighted by Crippen LogP contribution is 2.03. The lowest BCUT2D eigenvalue weighted by atomic mass is 10.1. The summed E-state index contributed by atoms with van der Waals surface area (Å²) in [7, 11) is 0. The van der Waals surface area contributed by atoms with Gasteiger partial charge in [-0.2, -0.15) is 0 Å². The van der Waals surface area contributed by atoms with E-state index in [-0.39, 0.29) is 18.3 Å². The molecule has 0 saturated heterocycles. The topological polar surface area (TPSA) is 42.0 Å². The number of hydrogen-bond acceptors (Lipinski definition) is 2. The molecule has 19 heavy (non-hydrogen) atoms. The van der Waals surface area contributed by atoms with E-state index in [1.807, 2.05) is 0 Å². The number of amides is 1. The van der Waals surface area contributed by atoms with E-state index in [1.54, 1.807) is 24.5 Å². The van der Waals surface area contributed by atoms with Gasteiger partial charge in [0.2, 0.25) is 0 Å². The van der Waals surface area contributed by atoms with Crippen LogP contribution in [-0.4, -0.2) is 17.4 Å². The van der Waals surface area contributed by atoms with Crippen molar-refractivity contribution in [2.75, 3.05) is 6.54 Å². The third-order valence-corrected chi connectivity index (χ3v) is 2.74. The zero-order valence-electron chi connectivity index (χ0n) is 10.8. The van der Waals surface area contributed by atoms with Crippen molar-refractivity contribution < 1.29 is 4.79 Å². The van der Waals surface area contributed by atoms with Crippen molar-refractivity contribution in [3.05, 3.63) is 65.5 Å². The van der Waals surface area contributed by atoms with Gasteiger partial charge in [0, 0.05) is 18.9 Å². The summed E-state index contributed by atoms with van der Waals surface area (Å²) in [6, 6.07) is 11.9. The maximum absolute atomic E-state index is 11.7. The largest absolute Gasteiger partial charge is 0.352 e. The third-order valence-electron chi connectivity index (χ3n) is 2.74. The quantitative estimate of drug-likeness (QED) is 0.933. The van der Waals surface area contributed by atoms with Crippen LogP contribution in [0.5, 0.6) is 0 Å². The molecule has 0 spiro atoms. The van der Waals surface area contributed by atoms with Gasteiger partial charge >= 0.3 is 0 Å². The molecule has 1 aromatic carbocycles. The number of aryl methyl sites for hydroxylation is 1. The van der Waals surface area contributed by atoms with E-state index in [4.69, 9.17) is 0 Å². The molecule has 0 unspecified atom stereocenters. The number of carbonyl (C=O) groups is 1. The van der Waals surface area contributed by atoms with Gasteiger partial charge in [0.1, 0.15) is 0 Å². The van der Waals surface area contributed by atoms with E-state index >= 15 is 0 Å². The van der Waals surface area contributed by atoms with E-state index < -0.39 is 0 Å². The average Bonchev–Trinajstić information content (AvgIpc) is 2.42. The highest BCUT2D eigenvalue weighted by molar-refractivity contribution is 5.93. The Kier molecular flexibility index (Phi) is 6.03. The van der Waals surface area contributed by atoms with Crippen LogP contribution in [0.4, 0.5) is 0 Å². The number of carbonyl (C=O) groups excluding carboxylic acids is 1. The second-order valence-electron chi connectivity index (χ2n) is 4.23. The molecule has 0 atom stereocenters. The minimum atomic E-state index is -0.0739. The summed E-state index contributed by atoms with van der Waals surface area (Å²) in [5, 5.41) is 2.88. The summed E-state index contributed by atoms with van der Waals surface area (Å²) < 4.78 is 0. The SMILES string of the molecule is Cc1ccc(CCNC(=O)c2cccnc2)cc1.Cl. The molecule has 1 N–H and O–H groups in total. The van der Waals surface area contributed by atoms with Gasteiger partial charge in [0.15, 0.2) is 0 Å². The first-order valence-corrected chi connectivity index (χ1v) is 5.99. The van der Waals surface area contributed by atoms with Gasteiger partial charge in [0.25, 0.3) is 5.91 Å². The van der Waals surface area contributed by atoms with Gasteiger partial charge in [-0.25, -0.2) is 0 Å². The minimum Gasteiger partial charge on any atom is -0.352 e. The van der Waals surface area contributed by atoms with Gasteiger partial charge in [-0.1, -0.05) is 29.8 Å². The van der Waals surface area contributed by atoms with E-state index in [2.05, 4.69) is 41.5 Å². The highest BCUT2D eigenvalue weighted by Gasteiger charge is 2.03. The number of nitrogens with zero attached hydrogens (tertiary/aromatic N) is 1. The zero-order valence-corrected chi connectivity index (χ0v) is 11.6. The summed E-state index contributed by atoms with van der Waals surface area (Å²) in [5.74, 6) is -0.0739. The first kappa shape index (κ1) is 15.2. The van der Waals surface area contributed by atoms with Crippen molar-refractivity contribution in [2.45, 2.75) is 13.3 Å². The molecular weight excluding hydrogens is 260 g/mol. The van der Waals surface area contributed by atoms with Gasteiger partial charge in [-0.3, -0.25) is 9.78 Å². The number of rotatable bonds is 4. The average molecular weight is 277 g/mol. The Morgan fingerprint density at radius 2 is 1.95 bits per heavy atom. The van der Waals surface area contributed by atoms with Gasteiger partial charge in [-0.15, -0.1) is 12.4 Å². The molecule has 0 bridgehead atoms. The second-order valence-corrected chi connectivity index (χ2v) is 4.23. The van der Waals surface area contributed by atoms with Gasteiger partial charge in [-0.05, 0) is 31.0 Å². The Labute approximate surface area is 119 Å². The Morgan fingerprint density at radius 3 is 2.58 bits per heavy atom. The molecule has 0 aliphatic carbocycles. The number of nitrogens with one attached hydrogen (secondary N) is 1. The fourth-order valence-electron chi connectivity index (χ4n) is 1.67. The van der Waals surface area contributed by atoms with Crippen LogP contribution in [0.1, 0.15) is 21.5 Å². The fourth-order valence-corrected chi connectivity index (χ4v) is 1.67. The minimum absolute atomic E-state index is 0.